The van der Waals surface area contributed by atoms with E-state index in [1.165, 1.54) is 0 Å². The molecule has 1 aliphatic rings. The molecule has 0 bridgehead atoms. The van der Waals surface area contributed by atoms with Gasteiger partial charge in [0.2, 0.25) is 0 Å². The molecular formula is C21H31N5O4. The smallest absolute Gasteiger partial charge is 0.358 e. The van der Waals surface area contributed by atoms with Crippen LogP contribution in [-0.2, 0) is 35.9 Å². The van der Waals surface area contributed by atoms with Gasteiger partial charge >= 0.3 is 5.97 Å². The molecular weight excluding hydrogens is 386 g/mol. The van der Waals surface area contributed by atoms with Gasteiger partial charge in [0.05, 0.1) is 23.6 Å². The molecule has 0 aromatic carbocycles. The van der Waals surface area contributed by atoms with Gasteiger partial charge < -0.3 is 14.8 Å². The van der Waals surface area contributed by atoms with Gasteiger partial charge in [-0.25, -0.2) is 4.79 Å². The fourth-order valence-corrected chi connectivity index (χ4v) is 3.52. The Balaban J connectivity index is 1.65. The summed E-state index contributed by atoms with van der Waals surface area (Å²) >= 11 is 0. The maximum Gasteiger partial charge on any atom is 0.358 e. The summed E-state index contributed by atoms with van der Waals surface area (Å²) < 4.78 is 14.5. The molecule has 3 heterocycles. The summed E-state index contributed by atoms with van der Waals surface area (Å²) in [6.07, 6.45) is 3.66. The zero-order valence-electron chi connectivity index (χ0n) is 18.1. The minimum absolute atomic E-state index is 0.0630. The Bertz CT molecular complexity index is 867. The molecule has 0 radical (unpaired) electrons. The monoisotopic (exact) mass is 417 g/mol. The summed E-state index contributed by atoms with van der Waals surface area (Å²) in [6, 6.07) is 1.71. The average molecular weight is 418 g/mol. The number of aryl methyl sites for hydroxylation is 4. The molecule has 0 spiro atoms. The van der Waals surface area contributed by atoms with Crippen LogP contribution in [-0.4, -0.2) is 57.8 Å². The molecule has 1 amide bonds. The lowest BCUT2D eigenvalue weighted by molar-refractivity contribution is 0.0486. The van der Waals surface area contributed by atoms with E-state index in [1.54, 1.807) is 17.8 Å². The standard InChI is InChI=1S/C21H31N5O4/c1-4-16-19-18(8-5-11-29-12-6-9-22-20(19)27)26(24-16)10-7-13-30-21(28)17-14-15(2)25(3)23-17/h14H,4-13H2,1-3H3,(H,22,27). The van der Waals surface area contributed by atoms with Crippen LogP contribution in [0.1, 0.15) is 64.1 Å². The first-order valence-corrected chi connectivity index (χ1v) is 10.6. The minimum atomic E-state index is -0.427. The fourth-order valence-electron chi connectivity index (χ4n) is 3.52. The Hall–Kier alpha value is -2.68. The Morgan fingerprint density at radius 3 is 2.83 bits per heavy atom. The molecule has 30 heavy (non-hydrogen) atoms. The summed E-state index contributed by atoms with van der Waals surface area (Å²) in [6.45, 7) is 6.64. The molecule has 0 fully saturated rings. The minimum Gasteiger partial charge on any atom is -0.461 e. The molecule has 164 valence electrons. The summed E-state index contributed by atoms with van der Waals surface area (Å²) in [7, 11) is 1.79. The highest BCUT2D eigenvalue weighted by Crippen LogP contribution is 2.19. The van der Waals surface area contributed by atoms with Gasteiger partial charge in [-0.05, 0) is 38.7 Å². The van der Waals surface area contributed by atoms with Gasteiger partial charge in [-0.2, -0.15) is 10.2 Å². The Kier molecular flexibility index (Phi) is 7.62. The largest absolute Gasteiger partial charge is 0.461 e. The van der Waals surface area contributed by atoms with Crippen LogP contribution in [0, 0.1) is 6.92 Å². The molecule has 2 aromatic heterocycles. The first-order chi connectivity index (χ1) is 14.5. The van der Waals surface area contributed by atoms with Crippen molar-refractivity contribution in [2.75, 3.05) is 26.4 Å². The van der Waals surface area contributed by atoms with Crippen molar-refractivity contribution in [2.45, 2.75) is 52.5 Å². The molecule has 0 saturated heterocycles. The number of nitrogens with one attached hydrogen (secondary N) is 1. The third kappa shape index (κ3) is 5.27. The molecule has 0 aliphatic carbocycles. The van der Waals surface area contributed by atoms with Crippen molar-refractivity contribution in [3.63, 3.8) is 0 Å². The number of esters is 1. The van der Waals surface area contributed by atoms with Crippen LogP contribution in [0.3, 0.4) is 0 Å². The Morgan fingerprint density at radius 2 is 2.10 bits per heavy atom. The fraction of sp³-hybridized carbons (Fsp3) is 0.619. The van der Waals surface area contributed by atoms with E-state index < -0.39 is 5.97 Å². The molecule has 2 aromatic rings. The predicted molar refractivity (Wildman–Crippen MR) is 111 cm³/mol. The second kappa shape index (κ2) is 10.4. The predicted octanol–water partition coefficient (Wildman–Crippen LogP) is 1.82. The number of ether oxygens (including phenoxy) is 2. The Morgan fingerprint density at radius 1 is 1.30 bits per heavy atom. The highest BCUT2D eigenvalue weighted by molar-refractivity contribution is 5.96. The maximum absolute atomic E-state index is 12.8. The molecule has 9 heteroatoms. The van der Waals surface area contributed by atoms with Crippen LogP contribution in [0.2, 0.25) is 0 Å². The highest BCUT2D eigenvalue weighted by atomic mass is 16.5. The number of carbonyl (C=O) groups excluding carboxylic acids is 2. The van der Waals surface area contributed by atoms with Crippen LogP contribution in [0.25, 0.3) is 0 Å². The quantitative estimate of drug-likeness (QED) is 0.568. The van der Waals surface area contributed by atoms with Crippen molar-refractivity contribution in [3.05, 3.63) is 34.4 Å². The molecule has 0 atom stereocenters. The van der Waals surface area contributed by atoms with Crippen LogP contribution in [0.15, 0.2) is 6.07 Å². The van der Waals surface area contributed by atoms with Crippen molar-refractivity contribution in [1.82, 2.24) is 24.9 Å². The number of hydrogen-bond acceptors (Lipinski definition) is 6. The van der Waals surface area contributed by atoms with Gasteiger partial charge in [-0.3, -0.25) is 14.2 Å². The number of hydrogen-bond donors (Lipinski definition) is 1. The van der Waals surface area contributed by atoms with Crippen LogP contribution in [0.5, 0.6) is 0 Å². The lowest BCUT2D eigenvalue weighted by Gasteiger charge is -2.10. The molecule has 3 rings (SSSR count). The normalized spacial score (nSPS) is 15.2. The number of nitrogens with zero attached hydrogens (tertiary/aromatic N) is 4. The summed E-state index contributed by atoms with van der Waals surface area (Å²) in [5.41, 5.74) is 3.65. The summed E-state index contributed by atoms with van der Waals surface area (Å²) in [5.74, 6) is -0.490. The number of rotatable bonds is 6. The first kappa shape index (κ1) is 22.0. The highest BCUT2D eigenvalue weighted by Gasteiger charge is 2.23. The van der Waals surface area contributed by atoms with Gasteiger partial charge in [0.15, 0.2) is 5.69 Å². The van der Waals surface area contributed by atoms with Gasteiger partial charge in [-0.1, -0.05) is 6.92 Å². The van der Waals surface area contributed by atoms with E-state index >= 15 is 0 Å². The van der Waals surface area contributed by atoms with Crippen molar-refractivity contribution in [2.24, 2.45) is 7.05 Å². The van der Waals surface area contributed by atoms with E-state index in [2.05, 4.69) is 15.5 Å². The third-order valence-corrected chi connectivity index (χ3v) is 5.22. The second-order valence-electron chi connectivity index (χ2n) is 7.45. The zero-order chi connectivity index (χ0) is 21.5. The molecule has 1 aliphatic heterocycles. The first-order valence-electron chi connectivity index (χ1n) is 10.6. The summed E-state index contributed by atoms with van der Waals surface area (Å²) in [4.78, 5) is 24.9. The van der Waals surface area contributed by atoms with E-state index in [-0.39, 0.29) is 12.5 Å². The van der Waals surface area contributed by atoms with Gasteiger partial charge in [0.25, 0.3) is 5.91 Å². The number of carbonyl (C=O) groups is 2. The van der Waals surface area contributed by atoms with E-state index in [0.717, 1.165) is 36.3 Å². The van der Waals surface area contributed by atoms with Crippen molar-refractivity contribution in [1.29, 1.82) is 0 Å². The zero-order valence-corrected chi connectivity index (χ0v) is 18.1. The van der Waals surface area contributed by atoms with Gasteiger partial charge in [-0.15, -0.1) is 0 Å². The molecule has 0 unspecified atom stereocenters. The topological polar surface area (TPSA) is 100 Å². The van der Waals surface area contributed by atoms with Gasteiger partial charge in [0.1, 0.15) is 0 Å². The van der Waals surface area contributed by atoms with E-state index in [1.807, 2.05) is 18.5 Å². The summed E-state index contributed by atoms with van der Waals surface area (Å²) in [5, 5.41) is 11.8. The van der Waals surface area contributed by atoms with E-state index in [0.29, 0.717) is 50.4 Å². The van der Waals surface area contributed by atoms with Crippen molar-refractivity contribution < 1.29 is 19.1 Å². The third-order valence-electron chi connectivity index (χ3n) is 5.22. The number of aromatic nitrogens is 4. The average Bonchev–Trinajstić information content (AvgIpc) is 3.25. The van der Waals surface area contributed by atoms with Crippen LogP contribution < -0.4 is 5.32 Å². The van der Waals surface area contributed by atoms with Crippen LogP contribution >= 0.6 is 0 Å². The van der Waals surface area contributed by atoms with E-state index in [4.69, 9.17) is 9.47 Å². The Labute approximate surface area is 176 Å². The maximum atomic E-state index is 12.8. The SMILES string of the molecule is CCc1nn(CCCOC(=O)c2cc(C)n(C)n2)c2c1C(=O)NCCCOCCC2. The molecule has 1 N–H and O–H groups in total. The number of fused-ring (bicyclic) bond motifs is 1. The van der Waals surface area contributed by atoms with Crippen LogP contribution in [0.4, 0.5) is 0 Å². The van der Waals surface area contributed by atoms with Crippen molar-refractivity contribution in [3.8, 4) is 0 Å². The second-order valence-corrected chi connectivity index (χ2v) is 7.45. The van der Waals surface area contributed by atoms with Crippen molar-refractivity contribution >= 4 is 11.9 Å². The lowest BCUT2D eigenvalue weighted by atomic mass is 10.1. The lowest BCUT2D eigenvalue weighted by Crippen LogP contribution is -2.26. The molecule has 0 saturated carbocycles. The van der Waals surface area contributed by atoms with E-state index in [9.17, 15) is 9.59 Å². The molecule has 9 nitrogen and oxygen atoms in total. The number of amides is 1. The van der Waals surface area contributed by atoms with Gasteiger partial charge in [0, 0.05) is 45.5 Å².